The largest absolute Gasteiger partial charge is 0.360 e. The van der Waals surface area contributed by atoms with Gasteiger partial charge in [-0.2, -0.15) is 0 Å². The summed E-state index contributed by atoms with van der Waals surface area (Å²) in [5, 5.41) is 13.6. The van der Waals surface area contributed by atoms with Gasteiger partial charge in [0, 0.05) is 23.0 Å². The number of nitrogens with one attached hydrogen (secondary N) is 1. The molecule has 0 heterocycles. The lowest BCUT2D eigenvalue weighted by Gasteiger charge is -2.20. The van der Waals surface area contributed by atoms with Gasteiger partial charge in [-0.05, 0) is 83.5 Å². The molecule has 0 saturated carbocycles. The van der Waals surface area contributed by atoms with E-state index in [1.807, 2.05) is 0 Å². The molecule has 2 heteroatoms. The highest BCUT2D eigenvalue weighted by atomic mass is 15.1. The molecule has 0 saturated heterocycles. The normalized spacial score (nSPS) is 12.2. The van der Waals surface area contributed by atoms with E-state index in [9.17, 15) is 0 Å². The molecular formula is C48H34N2. The molecule has 9 aromatic carbocycles. The van der Waals surface area contributed by atoms with Crippen molar-refractivity contribution in [1.82, 2.24) is 0 Å². The van der Waals surface area contributed by atoms with E-state index in [0.717, 1.165) is 27.9 Å². The summed E-state index contributed by atoms with van der Waals surface area (Å²) in [6, 6.07) is 67.1. The lowest BCUT2D eigenvalue weighted by molar-refractivity contribution is 0.844. The molecule has 0 bridgehead atoms. The van der Waals surface area contributed by atoms with Gasteiger partial charge in [0.1, 0.15) is 6.17 Å². The zero-order chi connectivity index (χ0) is 33.3. The van der Waals surface area contributed by atoms with Crippen molar-refractivity contribution in [1.29, 1.82) is 0 Å². The molecule has 236 valence electrons. The van der Waals surface area contributed by atoms with Crippen LogP contribution in [-0.2, 0) is 0 Å². The molecule has 9 aromatic rings. The van der Waals surface area contributed by atoms with E-state index < -0.39 is 0 Å². The molecule has 0 aliphatic carbocycles. The molecule has 0 radical (unpaired) electrons. The molecule has 0 aliphatic rings. The highest BCUT2D eigenvalue weighted by Crippen LogP contribution is 2.35. The maximum Gasteiger partial charge on any atom is 0.144 e. The van der Waals surface area contributed by atoms with E-state index >= 15 is 0 Å². The van der Waals surface area contributed by atoms with Crippen molar-refractivity contribution < 1.29 is 0 Å². The SMILES string of the molecule is C(=N\C(Nc1ccccc1-c1ccccc1)c1ccc(-c2ccc3ccccc3c2)cc1)/c1c2ccccc2cc2c1ccc1ccccc12. The van der Waals surface area contributed by atoms with Gasteiger partial charge in [-0.25, -0.2) is 0 Å². The average Bonchev–Trinajstić information content (AvgIpc) is 3.19. The van der Waals surface area contributed by atoms with Crippen molar-refractivity contribution in [3.63, 3.8) is 0 Å². The monoisotopic (exact) mass is 638 g/mol. The van der Waals surface area contributed by atoms with Crippen molar-refractivity contribution in [3.05, 3.63) is 199 Å². The number of para-hydroxylation sites is 1. The fourth-order valence-electron chi connectivity index (χ4n) is 7.20. The minimum absolute atomic E-state index is 0.333. The Hall–Kier alpha value is -6.51. The van der Waals surface area contributed by atoms with E-state index in [0.29, 0.717) is 0 Å². The first-order chi connectivity index (χ1) is 24.8. The number of hydrogen-bond acceptors (Lipinski definition) is 2. The van der Waals surface area contributed by atoms with Gasteiger partial charge in [0.05, 0.1) is 0 Å². The molecule has 0 amide bonds. The van der Waals surface area contributed by atoms with Crippen LogP contribution in [-0.4, -0.2) is 6.21 Å². The number of hydrogen-bond donors (Lipinski definition) is 1. The van der Waals surface area contributed by atoms with Gasteiger partial charge in [0.15, 0.2) is 0 Å². The predicted octanol–water partition coefficient (Wildman–Crippen LogP) is 12.9. The van der Waals surface area contributed by atoms with Gasteiger partial charge in [-0.3, -0.25) is 4.99 Å². The number of fused-ring (bicyclic) bond motifs is 5. The molecule has 9 rings (SSSR count). The van der Waals surface area contributed by atoms with E-state index in [4.69, 9.17) is 4.99 Å². The molecule has 50 heavy (non-hydrogen) atoms. The minimum atomic E-state index is -0.333. The Labute approximate surface area is 292 Å². The Morgan fingerprint density at radius 3 is 1.88 bits per heavy atom. The Morgan fingerprint density at radius 2 is 1.04 bits per heavy atom. The Kier molecular flexibility index (Phi) is 7.60. The Balaban J connectivity index is 1.17. The fourth-order valence-corrected chi connectivity index (χ4v) is 7.20. The average molecular weight is 639 g/mol. The van der Waals surface area contributed by atoms with Crippen LogP contribution in [0.1, 0.15) is 17.3 Å². The van der Waals surface area contributed by atoms with Gasteiger partial charge < -0.3 is 5.32 Å². The third-order valence-electron chi connectivity index (χ3n) is 9.78. The zero-order valence-corrected chi connectivity index (χ0v) is 27.5. The first kappa shape index (κ1) is 29.6. The van der Waals surface area contributed by atoms with E-state index in [2.05, 4.69) is 200 Å². The van der Waals surface area contributed by atoms with E-state index in [1.165, 1.54) is 54.2 Å². The van der Waals surface area contributed by atoms with Crippen LogP contribution in [0.5, 0.6) is 0 Å². The van der Waals surface area contributed by atoms with Crippen molar-refractivity contribution >= 4 is 55.0 Å². The van der Waals surface area contributed by atoms with Gasteiger partial charge in [0.2, 0.25) is 0 Å². The standard InChI is InChI=1S/C48H34N2/c1-2-13-35(14-3-1)43-20-10-11-21-47(43)50-48(37-25-22-34(23-26-37)39-27-24-33-12-4-5-16-38(33)30-39)49-32-46-42-19-9-7-17-40(42)31-45-41-18-8-6-15-36(41)28-29-44(45)46/h1-32,48,50H/b49-32+. The lowest BCUT2D eigenvalue weighted by Crippen LogP contribution is -2.10. The highest BCUT2D eigenvalue weighted by Gasteiger charge is 2.15. The van der Waals surface area contributed by atoms with Crippen molar-refractivity contribution in [3.8, 4) is 22.3 Å². The molecule has 0 spiro atoms. The number of benzene rings is 9. The van der Waals surface area contributed by atoms with Gasteiger partial charge in [-0.15, -0.1) is 0 Å². The number of rotatable bonds is 7. The summed E-state index contributed by atoms with van der Waals surface area (Å²) in [4.78, 5) is 5.38. The van der Waals surface area contributed by atoms with Gasteiger partial charge in [0.25, 0.3) is 0 Å². The lowest BCUT2D eigenvalue weighted by atomic mass is 9.94. The van der Waals surface area contributed by atoms with Crippen LogP contribution in [0.3, 0.4) is 0 Å². The van der Waals surface area contributed by atoms with Crippen LogP contribution >= 0.6 is 0 Å². The smallest absolute Gasteiger partial charge is 0.144 e. The quantitative estimate of drug-likeness (QED) is 0.105. The van der Waals surface area contributed by atoms with Gasteiger partial charge >= 0.3 is 0 Å². The first-order valence-corrected chi connectivity index (χ1v) is 17.1. The number of aliphatic imine (C=N–C) groups is 1. The minimum Gasteiger partial charge on any atom is -0.360 e. The van der Waals surface area contributed by atoms with Crippen molar-refractivity contribution in [2.45, 2.75) is 6.17 Å². The molecule has 2 nitrogen and oxygen atoms in total. The van der Waals surface area contributed by atoms with Crippen molar-refractivity contribution in [2.24, 2.45) is 4.99 Å². The molecule has 0 aromatic heterocycles. The maximum atomic E-state index is 5.38. The Bertz CT molecular complexity index is 2670. The number of anilines is 1. The second kappa shape index (κ2) is 12.8. The van der Waals surface area contributed by atoms with Crippen LogP contribution in [0.15, 0.2) is 193 Å². The molecule has 0 aliphatic heterocycles. The predicted molar refractivity (Wildman–Crippen MR) is 214 cm³/mol. The van der Waals surface area contributed by atoms with Crippen LogP contribution in [0.2, 0.25) is 0 Å². The van der Waals surface area contributed by atoms with Crippen LogP contribution in [0.4, 0.5) is 5.69 Å². The van der Waals surface area contributed by atoms with Gasteiger partial charge in [-0.1, -0.05) is 170 Å². The summed E-state index contributed by atoms with van der Waals surface area (Å²) < 4.78 is 0. The summed E-state index contributed by atoms with van der Waals surface area (Å²) in [6.45, 7) is 0. The third-order valence-corrected chi connectivity index (χ3v) is 9.78. The van der Waals surface area contributed by atoms with Crippen molar-refractivity contribution in [2.75, 3.05) is 5.32 Å². The molecule has 1 unspecified atom stereocenters. The van der Waals surface area contributed by atoms with Crippen LogP contribution < -0.4 is 5.32 Å². The third kappa shape index (κ3) is 5.57. The molecule has 1 atom stereocenters. The summed E-state index contributed by atoms with van der Waals surface area (Å²) in [6.07, 6.45) is 1.75. The summed E-state index contributed by atoms with van der Waals surface area (Å²) in [5.74, 6) is 0. The number of nitrogens with zero attached hydrogens (tertiary/aromatic N) is 1. The second-order valence-electron chi connectivity index (χ2n) is 12.8. The molecule has 0 fully saturated rings. The van der Waals surface area contributed by atoms with Crippen LogP contribution in [0, 0.1) is 0 Å². The summed E-state index contributed by atoms with van der Waals surface area (Å²) in [5.41, 5.74) is 7.93. The highest BCUT2D eigenvalue weighted by molar-refractivity contribution is 6.20. The van der Waals surface area contributed by atoms with Crippen LogP contribution in [0.25, 0.3) is 65.3 Å². The topological polar surface area (TPSA) is 24.4 Å². The summed E-state index contributed by atoms with van der Waals surface area (Å²) >= 11 is 0. The zero-order valence-electron chi connectivity index (χ0n) is 27.5. The van der Waals surface area contributed by atoms with E-state index in [1.54, 1.807) is 0 Å². The fraction of sp³-hybridized carbons (Fsp3) is 0.0208. The summed E-state index contributed by atoms with van der Waals surface area (Å²) in [7, 11) is 0. The first-order valence-electron chi connectivity index (χ1n) is 17.1. The molecule has 1 N–H and O–H groups in total. The molecular weight excluding hydrogens is 605 g/mol. The maximum absolute atomic E-state index is 5.38. The van der Waals surface area contributed by atoms with E-state index in [-0.39, 0.29) is 6.17 Å². The Morgan fingerprint density at radius 1 is 0.400 bits per heavy atom. The second-order valence-corrected chi connectivity index (χ2v) is 12.8.